The van der Waals surface area contributed by atoms with Gasteiger partial charge in [0.25, 0.3) is 5.56 Å². The molecule has 4 rings (SSSR count). The van der Waals surface area contributed by atoms with E-state index < -0.39 is 0 Å². The number of ketones is 1. The Labute approximate surface area is 125 Å². The summed E-state index contributed by atoms with van der Waals surface area (Å²) in [5.41, 5.74) is 3.28. The van der Waals surface area contributed by atoms with Crippen molar-refractivity contribution in [3.63, 3.8) is 0 Å². The van der Waals surface area contributed by atoms with Crippen molar-refractivity contribution in [1.29, 1.82) is 0 Å². The lowest BCUT2D eigenvalue weighted by atomic mass is 9.99. The van der Waals surface area contributed by atoms with E-state index >= 15 is 0 Å². The van der Waals surface area contributed by atoms with Gasteiger partial charge in [0.2, 0.25) is 5.78 Å². The number of rotatable bonds is 1. The van der Waals surface area contributed by atoms with Crippen LogP contribution in [0.15, 0.2) is 35.4 Å². The topological polar surface area (TPSA) is 72.1 Å². The number of nitrogens with one attached hydrogen (secondary N) is 1. The van der Waals surface area contributed by atoms with Crippen molar-refractivity contribution in [1.82, 2.24) is 9.97 Å². The third kappa shape index (κ3) is 1.45. The monoisotopic (exact) mass is 292 g/mol. The van der Waals surface area contributed by atoms with Crippen LogP contribution in [0.5, 0.6) is 5.75 Å². The fourth-order valence-electron chi connectivity index (χ4n) is 3.13. The zero-order chi connectivity index (χ0) is 15.4. The Kier molecular flexibility index (Phi) is 2.48. The molecule has 1 aromatic carbocycles. The highest BCUT2D eigenvalue weighted by Crippen LogP contribution is 2.40. The molecule has 0 fully saturated rings. The lowest BCUT2D eigenvalue weighted by molar-refractivity contribution is 0.104. The molecule has 0 amide bonds. The summed E-state index contributed by atoms with van der Waals surface area (Å²) >= 11 is 0. The van der Waals surface area contributed by atoms with E-state index in [9.17, 15) is 9.59 Å². The first-order chi connectivity index (χ1) is 10.6. The zero-order valence-corrected chi connectivity index (χ0v) is 12.1. The number of fused-ring (bicyclic) bond motifs is 5. The minimum absolute atomic E-state index is 0.195. The van der Waals surface area contributed by atoms with Crippen LogP contribution in [-0.4, -0.2) is 22.9 Å². The molecule has 0 bridgehead atoms. The number of hydrogen-bond donors (Lipinski definition) is 1. The maximum Gasteiger partial charge on any atom is 0.260 e. The first-order valence-electron chi connectivity index (χ1n) is 6.86. The van der Waals surface area contributed by atoms with Crippen molar-refractivity contribution < 1.29 is 9.53 Å². The second-order valence-electron chi connectivity index (χ2n) is 5.27. The number of aromatic amines is 1. The molecule has 2 aromatic heterocycles. The molecule has 0 spiro atoms. The fraction of sp³-hybridized carbons (Fsp3) is 0.118. The highest BCUT2D eigenvalue weighted by Gasteiger charge is 2.31. The molecule has 3 aromatic rings. The number of aryl methyl sites for hydroxylation is 1. The van der Waals surface area contributed by atoms with E-state index in [-0.39, 0.29) is 16.9 Å². The van der Waals surface area contributed by atoms with Crippen LogP contribution < -0.4 is 10.3 Å². The van der Waals surface area contributed by atoms with E-state index in [0.717, 1.165) is 16.5 Å². The molecule has 0 unspecified atom stereocenters. The average Bonchev–Trinajstić information content (AvgIpc) is 2.83. The van der Waals surface area contributed by atoms with E-state index in [4.69, 9.17) is 4.74 Å². The Hall–Kier alpha value is -2.95. The lowest BCUT2D eigenvalue weighted by Gasteiger charge is -2.11. The Bertz CT molecular complexity index is 1020. The molecule has 0 saturated heterocycles. The van der Waals surface area contributed by atoms with Gasteiger partial charge in [0.1, 0.15) is 5.75 Å². The Morgan fingerprint density at radius 3 is 2.68 bits per heavy atom. The quantitative estimate of drug-likeness (QED) is 0.585. The van der Waals surface area contributed by atoms with Crippen molar-refractivity contribution in [2.24, 2.45) is 0 Å². The molecule has 5 nitrogen and oxygen atoms in total. The van der Waals surface area contributed by atoms with E-state index in [1.165, 1.54) is 6.20 Å². The van der Waals surface area contributed by atoms with Gasteiger partial charge in [-0.3, -0.25) is 14.6 Å². The summed E-state index contributed by atoms with van der Waals surface area (Å²) in [6, 6.07) is 5.50. The summed E-state index contributed by atoms with van der Waals surface area (Å²) in [5, 5.41) is 0.839. The number of carbonyl (C=O) groups is 1. The van der Waals surface area contributed by atoms with Crippen LogP contribution in [0.2, 0.25) is 0 Å². The minimum Gasteiger partial charge on any atom is -0.496 e. The highest BCUT2D eigenvalue weighted by atomic mass is 16.5. The van der Waals surface area contributed by atoms with Gasteiger partial charge in [-0.25, -0.2) is 0 Å². The van der Waals surface area contributed by atoms with Gasteiger partial charge in [-0.1, -0.05) is 0 Å². The molecular weight excluding hydrogens is 280 g/mol. The molecule has 5 heteroatoms. The molecule has 0 radical (unpaired) electrons. The number of methoxy groups -OCH3 is 1. The number of ether oxygens (including phenoxy) is 1. The molecule has 0 atom stereocenters. The smallest absolute Gasteiger partial charge is 0.260 e. The second kappa shape index (κ2) is 4.27. The number of nitrogens with zero attached hydrogens (tertiary/aromatic N) is 1. The lowest BCUT2D eigenvalue weighted by Crippen LogP contribution is -2.16. The fourth-order valence-corrected chi connectivity index (χ4v) is 3.13. The molecule has 2 heterocycles. The van der Waals surface area contributed by atoms with Gasteiger partial charge in [-0.05, 0) is 30.7 Å². The van der Waals surface area contributed by atoms with Gasteiger partial charge in [0.05, 0.1) is 18.2 Å². The predicted molar refractivity (Wildman–Crippen MR) is 82.5 cm³/mol. The molecule has 1 aliphatic rings. The van der Waals surface area contributed by atoms with E-state index in [2.05, 4.69) is 9.97 Å². The summed E-state index contributed by atoms with van der Waals surface area (Å²) in [6.07, 6.45) is 3.14. The third-order valence-corrected chi connectivity index (χ3v) is 4.18. The molecular formula is C17H12N2O3. The summed E-state index contributed by atoms with van der Waals surface area (Å²) in [4.78, 5) is 31.7. The molecule has 0 saturated carbocycles. The number of aromatic nitrogens is 2. The normalized spacial score (nSPS) is 12.4. The molecule has 108 valence electrons. The standard InChI is InChI=1S/C17H12N2O3/c1-8-12(22-2)4-3-10-13-9-5-6-18-7-11(9)16(20)14(13)17(21)19-15(8)10/h3-7H,1-2H3,(H,19,21). The van der Waals surface area contributed by atoms with Gasteiger partial charge in [-0.2, -0.15) is 0 Å². The maximum atomic E-state index is 12.5. The van der Waals surface area contributed by atoms with Crippen molar-refractivity contribution >= 4 is 16.7 Å². The molecule has 22 heavy (non-hydrogen) atoms. The van der Waals surface area contributed by atoms with Crippen LogP contribution in [0, 0.1) is 6.92 Å². The summed E-state index contributed by atoms with van der Waals surface area (Å²) in [7, 11) is 1.59. The second-order valence-corrected chi connectivity index (χ2v) is 5.27. The van der Waals surface area contributed by atoms with Crippen LogP contribution in [0.3, 0.4) is 0 Å². The number of H-pyrrole nitrogens is 1. The Balaban J connectivity index is 2.23. The van der Waals surface area contributed by atoms with Crippen LogP contribution in [-0.2, 0) is 0 Å². The molecule has 1 aliphatic carbocycles. The minimum atomic E-state index is -0.375. The van der Waals surface area contributed by atoms with Crippen molar-refractivity contribution in [2.75, 3.05) is 7.11 Å². The van der Waals surface area contributed by atoms with Gasteiger partial charge in [0.15, 0.2) is 0 Å². The largest absolute Gasteiger partial charge is 0.496 e. The Morgan fingerprint density at radius 2 is 1.91 bits per heavy atom. The first kappa shape index (κ1) is 12.8. The predicted octanol–water partition coefficient (Wildman–Crippen LogP) is 2.45. The first-order valence-corrected chi connectivity index (χ1v) is 6.86. The van der Waals surface area contributed by atoms with Gasteiger partial charge >= 0.3 is 0 Å². The zero-order valence-electron chi connectivity index (χ0n) is 12.1. The van der Waals surface area contributed by atoms with Crippen LogP contribution in [0.4, 0.5) is 0 Å². The van der Waals surface area contributed by atoms with E-state index in [0.29, 0.717) is 22.4 Å². The molecule has 1 N–H and O–H groups in total. The van der Waals surface area contributed by atoms with Crippen molar-refractivity contribution in [2.45, 2.75) is 6.92 Å². The maximum absolute atomic E-state index is 12.5. The van der Waals surface area contributed by atoms with E-state index in [1.807, 2.05) is 19.1 Å². The van der Waals surface area contributed by atoms with Gasteiger partial charge in [-0.15, -0.1) is 0 Å². The van der Waals surface area contributed by atoms with Crippen LogP contribution in [0.25, 0.3) is 22.0 Å². The van der Waals surface area contributed by atoms with Crippen molar-refractivity contribution in [3.05, 3.63) is 57.6 Å². The van der Waals surface area contributed by atoms with E-state index in [1.54, 1.807) is 19.4 Å². The van der Waals surface area contributed by atoms with Crippen LogP contribution >= 0.6 is 0 Å². The SMILES string of the molecule is COc1ccc2c3c(c(=O)[nH]c2c1C)C(=O)c1cnccc1-3. The summed E-state index contributed by atoms with van der Waals surface area (Å²) in [6.45, 7) is 1.88. The molecule has 0 aliphatic heterocycles. The summed E-state index contributed by atoms with van der Waals surface area (Å²) < 4.78 is 5.30. The Morgan fingerprint density at radius 1 is 1.09 bits per heavy atom. The van der Waals surface area contributed by atoms with Gasteiger partial charge in [0, 0.05) is 34.5 Å². The van der Waals surface area contributed by atoms with Crippen molar-refractivity contribution in [3.8, 4) is 16.9 Å². The number of carbonyl (C=O) groups excluding carboxylic acids is 1. The number of pyridine rings is 2. The number of benzene rings is 1. The third-order valence-electron chi connectivity index (χ3n) is 4.18. The number of hydrogen-bond acceptors (Lipinski definition) is 4. The summed E-state index contributed by atoms with van der Waals surface area (Å²) in [5.74, 6) is 0.428. The van der Waals surface area contributed by atoms with Gasteiger partial charge < -0.3 is 9.72 Å². The van der Waals surface area contributed by atoms with Crippen LogP contribution in [0.1, 0.15) is 21.5 Å². The average molecular weight is 292 g/mol. The highest BCUT2D eigenvalue weighted by molar-refractivity contribution is 6.25.